The summed E-state index contributed by atoms with van der Waals surface area (Å²) in [5, 5.41) is 0. The van der Waals surface area contributed by atoms with E-state index in [0.717, 1.165) is 12.8 Å². The van der Waals surface area contributed by atoms with Crippen molar-refractivity contribution in [1.82, 2.24) is 0 Å². The summed E-state index contributed by atoms with van der Waals surface area (Å²) in [6.07, 6.45) is 5.62. The lowest BCUT2D eigenvalue weighted by Gasteiger charge is -2.32. The topological polar surface area (TPSA) is 52.0 Å². The number of hydrogen-bond donors (Lipinski definition) is 2. The zero-order chi connectivity index (χ0) is 9.61. The molecule has 1 unspecified atom stereocenters. The van der Waals surface area contributed by atoms with Gasteiger partial charge in [0.2, 0.25) is 0 Å². The minimum Gasteiger partial charge on any atom is -0.313 e. The summed E-state index contributed by atoms with van der Waals surface area (Å²) in [6, 6.07) is 0. The van der Waals surface area contributed by atoms with Crippen LogP contribution in [-0.2, 0) is 0 Å². The van der Waals surface area contributed by atoms with Gasteiger partial charge in [-0.15, -0.1) is 0 Å². The summed E-state index contributed by atoms with van der Waals surface area (Å²) in [4.78, 5) is 0. The molecule has 0 aliphatic heterocycles. The highest BCUT2D eigenvalue weighted by Crippen LogP contribution is 2.22. The van der Waals surface area contributed by atoms with Gasteiger partial charge in [0.15, 0.2) is 0 Å². The first-order valence-corrected chi connectivity index (χ1v) is 5.16. The Labute approximate surface area is 76.7 Å². The Hall–Kier alpha value is -0.0800. The Kier molecular flexibility index (Phi) is 5.51. The molecule has 2 nitrogen and oxygen atoms in total. The minimum absolute atomic E-state index is 0.441. The maximum atomic E-state index is 5.99. The zero-order valence-electron chi connectivity index (χ0n) is 8.77. The van der Waals surface area contributed by atoms with Crippen LogP contribution < -0.4 is 11.5 Å². The van der Waals surface area contributed by atoms with Gasteiger partial charge < -0.3 is 11.5 Å². The number of hydrogen-bond acceptors (Lipinski definition) is 2. The maximum absolute atomic E-state index is 5.99. The van der Waals surface area contributed by atoms with Gasteiger partial charge in [-0.25, -0.2) is 0 Å². The first-order chi connectivity index (χ1) is 5.58. The molecule has 0 fully saturated rings. The molecule has 0 aliphatic rings. The van der Waals surface area contributed by atoms with Crippen molar-refractivity contribution in [3.63, 3.8) is 0 Å². The largest absolute Gasteiger partial charge is 0.313 e. The van der Waals surface area contributed by atoms with Crippen molar-refractivity contribution in [2.75, 3.05) is 0 Å². The second kappa shape index (κ2) is 5.55. The van der Waals surface area contributed by atoms with Crippen LogP contribution in [0.1, 0.15) is 52.9 Å². The molecule has 0 radical (unpaired) electrons. The predicted octanol–water partition coefficient (Wildman–Crippen LogP) is 2.23. The van der Waals surface area contributed by atoms with Crippen LogP contribution in [-0.4, -0.2) is 5.66 Å². The molecule has 4 N–H and O–H groups in total. The Morgan fingerprint density at radius 2 is 1.75 bits per heavy atom. The average Bonchev–Trinajstić information content (AvgIpc) is 2.05. The van der Waals surface area contributed by atoms with E-state index in [-0.39, 0.29) is 0 Å². The molecule has 0 amide bonds. The summed E-state index contributed by atoms with van der Waals surface area (Å²) in [5.41, 5.74) is 11.5. The molecule has 1 atom stereocenters. The third-order valence-electron chi connectivity index (χ3n) is 2.77. The highest BCUT2D eigenvalue weighted by Gasteiger charge is 2.26. The van der Waals surface area contributed by atoms with Crippen LogP contribution in [0, 0.1) is 5.92 Å². The molecule has 0 aliphatic carbocycles. The van der Waals surface area contributed by atoms with Crippen molar-refractivity contribution in [3.05, 3.63) is 0 Å². The molecule has 0 saturated heterocycles. The molecule has 0 aromatic carbocycles. The molecule has 0 spiro atoms. The Morgan fingerprint density at radius 3 is 2.08 bits per heavy atom. The van der Waals surface area contributed by atoms with Gasteiger partial charge in [-0.1, -0.05) is 40.0 Å². The van der Waals surface area contributed by atoms with Crippen molar-refractivity contribution < 1.29 is 0 Å². The number of unbranched alkanes of at least 4 members (excludes halogenated alkanes) is 1. The molecule has 0 aromatic heterocycles. The quantitative estimate of drug-likeness (QED) is 0.604. The highest BCUT2D eigenvalue weighted by molar-refractivity contribution is 4.83. The van der Waals surface area contributed by atoms with E-state index in [0.29, 0.717) is 5.92 Å². The fraction of sp³-hybridized carbons (Fsp3) is 1.00. The molecule has 12 heavy (non-hydrogen) atoms. The lowest BCUT2D eigenvalue weighted by molar-refractivity contribution is 0.241. The van der Waals surface area contributed by atoms with E-state index >= 15 is 0 Å². The standard InChI is InChI=1S/C10H24N2/c1-4-7-8-9(5-2)10(11,12)6-3/h9H,4-8,11-12H2,1-3H3. The third kappa shape index (κ3) is 3.55. The predicted molar refractivity (Wildman–Crippen MR) is 54.7 cm³/mol. The van der Waals surface area contributed by atoms with Crippen LogP contribution in [0.2, 0.25) is 0 Å². The van der Waals surface area contributed by atoms with Gasteiger partial charge in [-0.2, -0.15) is 0 Å². The lowest BCUT2D eigenvalue weighted by atomic mass is 9.85. The molecule has 0 saturated carbocycles. The van der Waals surface area contributed by atoms with Crippen molar-refractivity contribution in [1.29, 1.82) is 0 Å². The summed E-state index contributed by atoms with van der Waals surface area (Å²) in [5.74, 6) is 0.488. The van der Waals surface area contributed by atoms with E-state index in [1.807, 2.05) is 0 Å². The summed E-state index contributed by atoms with van der Waals surface area (Å²) < 4.78 is 0. The molecule has 0 heterocycles. The SMILES string of the molecule is CCCCC(CC)C(N)(N)CC. The van der Waals surface area contributed by atoms with Gasteiger partial charge in [0.25, 0.3) is 0 Å². The van der Waals surface area contributed by atoms with Gasteiger partial charge >= 0.3 is 0 Å². The average molecular weight is 172 g/mol. The zero-order valence-corrected chi connectivity index (χ0v) is 8.77. The lowest BCUT2D eigenvalue weighted by Crippen LogP contribution is -2.54. The van der Waals surface area contributed by atoms with E-state index in [4.69, 9.17) is 11.5 Å². The van der Waals surface area contributed by atoms with Crippen LogP contribution >= 0.6 is 0 Å². The molecular formula is C10H24N2. The van der Waals surface area contributed by atoms with Crippen molar-refractivity contribution in [3.8, 4) is 0 Å². The highest BCUT2D eigenvalue weighted by atomic mass is 15.0. The summed E-state index contributed by atoms with van der Waals surface area (Å²) >= 11 is 0. The first kappa shape index (κ1) is 11.9. The van der Waals surface area contributed by atoms with E-state index < -0.39 is 5.66 Å². The fourth-order valence-corrected chi connectivity index (χ4v) is 1.59. The van der Waals surface area contributed by atoms with Crippen LogP contribution in [0.15, 0.2) is 0 Å². The molecule has 2 heteroatoms. The van der Waals surface area contributed by atoms with Crippen molar-refractivity contribution >= 4 is 0 Å². The smallest absolute Gasteiger partial charge is 0.0662 e. The van der Waals surface area contributed by atoms with Crippen LogP contribution in [0.5, 0.6) is 0 Å². The van der Waals surface area contributed by atoms with Gasteiger partial charge in [0, 0.05) is 0 Å². The van der Waals surface area contributed by atoms with Crippen molar-refractivity contribution in [2.45, 2.75) is 58.5 Å². The van der Waals surface area contributed by atoms with Crippen LogP contribution in [0.25, 0.3) is 0 Å². The van der Waals surface area contributed by atoms with E-state index in [1.54, 1.807) is 0 Å². The Bertz CT molecular complexity index is 110. The Balaban J connectivity index is 3.95. The van der Waals surface area contributed by atoms with Gasteiger partial charge in [0.1, 0.15) is 0 Å². The molecule has 0 aromatic rings. The Morgan fingerprint density at radius 1 is 1.17 bits per heavy atom. The maximum Gasteiger partial charge on any atom is 0.0662 e. The summed E-state index contributed by atoms with van der Waals surface area (Å²) in [7, 11) is 0. The van der Waals surface area contributed by atoms with Gasteiger partial charge in [0.05, 0.1) is 5.66 Å². The third-order valence-corrected chi connectivity index (χ3v) is 2.77. The summed E-state index contributed by atoms with van der Waals surface area (Å²) in [6.45, 7) is 6.44. The van der Waals surface area contributed by atoms with E-state index in [1.165, 1.54) is 19.3 Å². The molecule has 74 valence electrons. The van der Waals surface area contributed by atoms with E-state index in [9.17, 15) is 0 Å². The number of rotatable bonds is 6. The first-order valence-electron chi connectivity index (χ1n) is 5.16. The van der Waals surface area contributed by atoms with E-state index in [2.05, 4.69) is 20.8 Å². The monoisotopic (exact) mass is 172 g/mol. The molecule has 0 rings (SSSR count). The van der Waals surface area contributed by atoms with Crippen molar-refractivity contribution in [2.24, 2.45) is 17.4 Å². The van der Waals surface area contributed by atoms with Crippen LogP contribution in [0.4, 0.5) is 0 Å². The molecular weight excluding hydrogens is 148 g/mol. The number of nitrogens with two attached hydrogens (primary N) is 2. The normalized spacial score (nSPS) is 14.8. The molecule has 0 bridgehead atoms. The fourth-order valence-electron chi connectivity index (χ4n) is 1.59. The van der Waals surface area contributed by atoms with Gasteiger partial charge in [-0.05, 0) is 18.8 Å². The van der Waals surface area contributed by atoms with Gasteiger partial charge in [-0.3, -0.25) is 0 Å². The van der Waals surface area contributed by atoms with Crippen LogP contribution in [0.3, 0.4) is 0 Å². The second-order valence-corrected chi connectivity index (χ2v) is 3.71. The second-order valence-electron chi connectivity index (χ2n) is 3.71. The minimum atomic E-state index is -0.441.